The number of hydrogen-bond donors (Lipinski definition) is 2. The molecule has 7 heteroatoms. The minimum Gasteiger partial charge on any atom is -0.504 e. The Morgan fingerprint density at radius 1 is 1.24 bits per heavy atom. The molecule has 0 aliphatic carbocycles. The van der Waals surface area contributed by atoms with Gasteiger partial charge in [0.2, 0.25) is 0 Å². The zero-order valence-corrected chi connectivity index (χ0v) is 20.5. The Balaban J connectivity index is 1.46. The first-order chi connectivity index (χ1) is 16.5. The zero-order valence-electron chi connectivity index (χ0n) is 20.5. The summed E-state index contributed by atoms with van der Waals surface area (Å²) in [6.45, 7) is 3.82. The van der Waals surface area contributed by atoms with Crippen LogP contribution in [0.4, 0.5) is 0 Å². The Bertz CT molecular complexity index is 922. The van der Waals surface area contributed by atoms with Crippen molar-refractivity contribution in [2.24, 2.45) is 4.99 Å². The third-order valence-corrected chi connectivity index (χ3v) is 6.20. The normalized spacial score (nSPS) is 15.6. The average Bonchev–Trinajstić information content (AvgIpc) is 3.39. The number of ketones is 1. The van der Waals surface area contributed by atoms with E-state index < -0.39 is 6.10 Å². The van der Waals surface area contributed by atoms with Crippen LogP contribution in [-0.2, 0) is 16.0 Å². The maximum Gasteiger partial charge on any atom is 0.163 e. The molecule has 0 bridgehead atoms. The highest BCUT2D eigenvalue weighted by Gasteiger charge is 2.26. The van der Waals surface area contributed by atoms with Crippen LogP contribution in [0.3, 0.4) is 0 Å². The molecule has 1 aromatic rings. The molecule has 186 valence electrons. The highest BCUT2D eigenvalue weighted by Crippen LogP contribution is 2.31. The Hall–Kier alpha value is -2.64. The number of aromatic hydroxyl groups is 1. The van der Waals surface area contributed by atoms with Gasteiger partial charge in [0, 0.05) is 44.5 Å². The summed E-state index contributed by atoms with van der Waals surface area (Å²) in [4.78, 5) is 18.8. The van der Waals surface area contributed by atoms with Crippen LogP contribution in [0.15, 0.2) is 46.7 Å². The number of methoxy groups -OCH3 is 1. The minimum atomic E-state index is -0.549. The van der Waals surface area contributed by atoms with E-state index in [0.29, 0.717) is 38.3 Å². The number of carbonyl (C=O) groups is 1. The van der Waals surface area contributed by atoms with Gasteiger partial charge in [-0.15, -0.1) is 0 Å². The lowest BCUT2D eigenvalue weighted by Crippen LogP contribution is -2.23. The van der Waals surface area contributed by atoms with Crippen LogP contribution in [0.2, 0.25) is 0 Å². The number of phenols is 1. The van der Waals surface area contributed by atoms with Crippen molar-refractivity contribution in [1.29, 1.82) is 0 Å². The molecular weight excluding hydrogens is 432 g/mol. The average molecular weight is 471 g/mol. The number of phenolic OH excluding ortho intramolecular Hbond substituents is 1. The van der Waals surface area contributed by atoms with E-state index in [0.717, 1.165) is 55.6 Å². The number of aliphatic hydroxyl groups is 1. The maximum absolute atomic E-state index is 12.2. The number of benzene rings is 1. The van der Waals surface area contributed by atoms with E-state index in [2.05, 4.69) is 18.1 Å². The monoisotopic (exact) mass is 470 g/mol. The molecule has 0 amide bonds. The van der Waals surface area contributed by atoms with E-state index in [9.17, 15) is 15.0 Å². The Morgan fingerprint density at radius 3 is 2.88 bits per heavy atom. The number of carbonyl (C=O) groups excluding carboxylic acids is 1. The molecule has 0 aromatic heterocycles. The number of rotatable bonds is 16. The summed E-state index contributed by atoms with van der Waals surface area (Å²) in [7, 11) is 1.71. The SMILES string of the molecule is CCCCCC(O)CC(=O)CCc1ccc(O)c(OCN2C=C3C(CCCOC)=CN=C3C2)c1. The van der Waals surface area contributed by atoms with Crippen molar-refractivity contribution in [3.05, 3.63) is 47.3 Å². The number of aliphatic hydroxyl groups excluding tert-OH is 1. The van der Waals surface area contributed by atoms with Crippen LogP contribution in [0, 0.1) is 0 Å². The molecule has 7 nitrogen and oxygen atoms in total. The van der Waals surface area contributed by atoms with E-state index in [-0.39, 0.29) is 18.0 Å². The van der Waals surface area contributed by atoms with Gasteiger partial charge in [0.25, 0.3) is 0 Å². The number of allylic oxidation sites excluding steroid dienone is 1. The van der Waals surface area contributed by atoms with Gasteiger partial charge in [-0.05, 0) is 49.0 Å². The van der Waals surface area contributed by atoms with E-state index in [1.54, 1.807) is 25.3 Å². The molecule has 0 saturated heterocycles. The quantitative estimate of drug-likeness (QED) is 0.345. The highest BCUT2D eigenvalue weighted by atomic mass is 16.5. The van der Waals surface area contributed by atoms with E-state index in [1.807, 2.05) is 11.1 Å². The second kappa shape index (κ2) is 13.3. The topological polar surface area (TPSA) is 91.6 Å². The smallest absolute Gasteiger partial charge is 0.163 e. The van der Waals surface area contributed by atoms with Crippen LogP contribution in [-0.4, -0.2) is 59.7 Å². The van der Waals surface area contributed by atoms with Crippen LogP contribution in [0.5, 0.6) is 11.5 Å². The number of aliphatic imine (C=N–C) groups is 1. The number of hydrogen-bond acceptors (Lipinski definition) is 7. The van der Waals surface area contributed by atoms with Crippen LogP contribution < -0.4 is 4.74 Å². The number of Topliss-reactive ketones (excluding diaryl/α,β-unsaturated/α-hetero) is 1. The maximum atomic E-state index is 12.2. The van der Waals surface area contributed by atoms with Crippen LogP contribution >= 0.6 is 0 Å². The van der Waals surface area contributed by atoms with Crippen LogP contribution in [0.25, 0.3) is 0 Å². The molecule has 1 atom stereocenters. The van der Waals surface area contributed by atoms with Gasteiger partial charge in [-0.2, -0.15) is 0 Å². The third kappa shape index (κ3) is 7.71. The number of ether oxygens (including phenoxy) is 2. The van der Waals surface area contributed by atoms with Crippen molar-refractivity contribution in [1.82, 2.24) is 4.90 Å². The minimum absolute atomic E-state index is 0.0601. The van der Waals surface area contributed by atoms with Gasteiger partial charge in [0.05, 0.1) is 18.4 Å². The second-order valence-electron chi connectivity index (χ2n) is 9.08. The predicted octanol–water partition coefficient (Wildman–Crippen LogP) is 4.53. The van der Waals surface area contributed by atoms with Crippen molar-refractivity contribution in [3.63, 3.8) is 0 Å². The number of unbranched alkanes of at least 4 members (excludes halogenated alkanes) is 2. The van der Waals surface area contributed by atoms with Gasteiger partial charge in [0.1, 0.15) is 5.78 Å². The number of aryl methyl sites for hydroxylation is 1. The summed E-state index contributed by atoms with van der Waals surface area (Å²) in [5.74, 6) is 0.536. The highest BCUT2D eigenvalue weighted by molar-refractivity contribution is 6.09. The number of fused-ring (bicyclic) bond motifs is 1. The van der Waals surface area contributed by atoms with Crippen molar-refractivity contribution in [2.45, 2.75) is 70.8 Å². The molecule has 3 rings (SSSR count). The predicted molar refractivity (Wildman–Crippen MR) is 133 cm³/mol. The lowest BCUT2D eigenvalue weighted by molar-refractivity contribution is -0.121. The molecule has 2 aliphatic heterocycles. The summed E-state index contributed by atoms with van der Waals surface area (Å²) < 4.78 is 11.0. The van der Waals surface area contributed by atoms with E-state index in [4.69, 9.17) is 9.47 Å². The largest absolute Gasteiger partial charge is 0.504 e. The standard InChI is InChI=1S/C27H38N2O5/c1-3-4-5-8-22(30)15-23(31)11-9-20-10-12-26(32)27(14-20)34-19-29-17-24-21(7-6-13-33-2)16-28-25(24)18-29/h10,12,14,16-17,22,30,32H,3-9,11,13,15,18-19H2,1-2H3. The van der Waals surface area contributed by atoms with Crippen molar-refractivity contribution in [2.75, 3.05) is 27.0 Å². The molecule has 0 spiro atoms. The first-order valence-electron chi connectivity index (χ1n) is 12.4. The Labute approximate surface area is 202 Å². The van der Waals surface area contributed by atoms with Gasteiger partial charge in [-0.3, -0.25) is 9.79 Å². The molecule has 1 unspecified atom stereocenters. The number of nitrogens with zero attached hydrogens (tertiary/aromatic N) is 2. The first-order valence-corrected chi connectivity index (χ1v) is 12.4. The molecule has 0 radical (unpaired) electrons. The fourth-order valence-corrected chi connectivity index (χ4v) is 4.24. The molecule has 1 aromatic carbocycles. The van der Waals surface area contributed by atoms with Crippen LogP contribution in [0.1, 0.15) is 63.9 Å². The molecule has 34 heavy (non-hydrogen) atoms. The molecule has 0 fully saturated rings. The first kappa shape index (κ1) is 26.0. The summed E-state index contributed by atoms with van der Waals surface area (Å²) in [6.07, 6.45) is 10.3. The fourth-order valence-electron chi connectivity index (χ4n) is 4.24. The summed E-state index contributed by atoms with van der Waals surface area (Å²) in [6, 6.07) is 5.20. The Kier molecular flexibility index (Phi) is 10.2. The molecule has 2 N–H and O–H groups in total. The zero-order chi connectivity index (χ0) is 24.3. The van der Waals surface area contributed by atoms with Gasteiger partial charge in [-0.25, -0.2) is 0 Å². The van der Waals surface area contributed by atoms with Crippen molar-refractivity contribution < 1.29 is 24.5 Å². The van der Waals surface area contributed by atoms with Gasteiger partial charge >= 0.3 is 0 Å². The summed E-state index contributed by atoms with van der Waals surface area (Å²) >= 11 is 0. The molecule has 0 saturated carbocycles. The lowest BCUT2D eigenvalue weighted by atomic mass is 10.0. The lowest BCUT2D eigenvalue weighted by Gasteiger charge is -2.17. The third-order valence-electron chi connectivity index (χ3n) is 6.20. The molecule has 2 heterocycles. The van der Waals surface area contributed by atoms with Crippen molar-refractivity contribution in [3.8, 4) is 11.5 Å². The fraction of sp³-hybridized carbons (Fsp3) is 0.556. The summed E-state index contributed by atoms with van der Waals surface area (Å²) in [5.41, 5.74) is 4.35. The van der Waals surface area contributed by atoms with Gasteiger partial charge in [0.15, 0.2) is 18.2 Å². The summed E-state index contributed by atoms with van der Waals surface area (Å²) in [5, 5.41) is 20.3. The molecular formula is C27H38N2O5. The van der Waals surface area contributed by atoms with E-state index >= 15 is 0 Å². The van der Waals surface area contributed by atoms with Crippen molar-refractivity contribution >= 4 is 11.5 Å². The van der Waals surface area contributed by atoms with E-state index in [1.165, 1.54) is 5.57 Å². The van der Waals surface area contributed by atoms with Gasteiger partial charge < -0.3 is 24.6 Å². The molecule has 2 aliphatic rings. The second-order valence-corrected chi connectivity index (χ2v) is 9.08. The Morgan fingerprint density at radius 2 is 2.09 bits per heavy atom. The van der Waals surface area contributed by atoms with Gasteiger partial charge in [-0.1, -0.05) is 32.3 Å².